The smallest absolute Gasteiger partial charge is 0.193 e. The van der Waals surface area contributed by atoms with E-state index in [2.05, 4.69) is 38.8 Å². The predicted octanol–water partition coefficient (Wildman–Crippen LogP) is 6.48. The van der Waals surface area contributed by atoms with Crippen molar-refractivity contribution in [1.82, 2.24) is 4.98 Å². The Hall–Kier alpha value is -1.15. The molecule has 29 heavy (non-hydrogen) atoms. The monoisotopic (exact) mass is 441 g/mol. The van der Waals surface area contributed by atoms with E-state index in [0.29, 0.717) is 25.1 Å². The summed E-state index contributed by atoms with van der Waals surface area (Å²) in [4.78, 5) is 15.0. The Bertz CT molecular complexity index is 722. The molecule has 1 heterocycles. The molecule has 1 rings (SSSR count). The van der Waals surface area contributed by atoms with Crippen molar-refractivity contribution in [1.29, 1.82) is 0 Å². The molecule has 164 valence electrons. The summed E-state index contributed by atoms with van der Waals surface area (Å²) in [5.74, 6) is -0.296. The van der Waals surface area contributed by atoms with Gasteiger partial charge in [0.1, 0.15) is 24.3 Å². The first-order chi connectivity index (χ1) is 13.4. The number of thiazole rings is 1. The SMILES string of the molecule is C/C(=C\C[C@H](O[Si](C)(C)C(C)(C)C)/C(F)=C/c1csc(C)n1)CCO[C@H](C)C=O. The molecule has 0 aliphatic carbocycles. The van der Waals surface area contributed by atoms with Crippen LogP contribution in [-0.4, -0.2) is 38.4 Å². The second kappa shape index (κ2) is 11.3. The van der Waals surface area contributed by atoms with E-state index in [0.717, 1.165) is 16.9 Å². The molecule has 0 saturated heterocycles. The maximum atomic E-state index is 15.2. The van der Waals surface area contributed by atoms with Crippen LogP contribution in [0.25, 0.3) is 6.08 Å². The Labute approximate surface area is 180 Å². The maximum absolute atomic E-state index is 15.2. The van der Waals surface area contributed by atoms with Gasteiger partial charge in [-0.15, -0.1) is 11.3 Å². The van der Waals surface area contributed by atoms with E-state index in [-0.39, 0.29) is 10.9 Å². The molecule has 0 aromatic carbocycles. The van der Waals surface area contributed by atoms with Crippen molar-refractivity contribution in [3.8, 4) is 0 Å². The lowest BCUT2D eigenvalue weighted by molar-refractivity contribution is -0.117. The lowest BCUT2D eigenvalue weighted by Gasteiger charge is -2.38. The lowest BCUT2D eigenvalue weighted by atomic mass is 10.1. The molecule has 0 unspecified atom stereocenters. The van der Waals surface area contributed by atoms with E-state index in [1.807, 2.05) is 25.3 Å². The molecule has 0 spiro atoms. The molecule has 0 saturated carbocycles. The van der Waals surface area contributed by atoms with Crippen LogP contribution in [0, 0.1) is 6.92 Å². The van der Waals surface area contributed by atoms with Gasteiger partial charge >= 0.3 is 0 Å². The van der Waals surface area contributed by atoms with Gasteiger partial charge < -0.3 is 14.0 Å². The van der Waals surface area contributed by atoms with Gasteiger partial charge in [0, 0.05) is 5.38 Å². The van der Waals surface area contributed by atoms with Gasteiger partial charge in [0.15, 0.2) is 8.32 Å². The molecule has 0 fully saturated rings. The average Bonchev–Trinajstić information content (AvgIpc) is 3.01. The number of aryl methyl sites for hydroxylation is 1. The fourth-order valence-electron chi connectivity index (χ4n) is 2.29. The highest BCUT2D eigenvalue weighted by Gasteiger charge is 2.39. The number of ether oxygens (including phenoxy) is 1. The summed E-state index contributed by atoms with van der Waals surface area (Å²) < 4.78 is 27.0. The van der Waals surface area contributed by atoms with Crippen LogP contribution < -0.4 is 0 Å². The van der Waals surface area contributed by atoms with Crippen LogP contribution >= 0.6 is 11.3 Å². The summed E-state index contributed by atoms with van der Waals surface area (Å²) in [5.41, 5.74) is 1.72. The van der Waals surface area contributed by atoms with Crippen LogP contribution in [0.15, 0.2) is 22.9 Å². The highest BCUT2D eigenvalue weighted by molar-refractivity contribution is 7.09. The zero-order valence-corrected chi connectivity index (χ0v) is 20.9. The molecule has 0 aliphatic rings. The Balaban J connectivity index is 2.94. The maximum Gasteiger partial charge on any atom is 0.193 e. The second-order valence-electron chi connectivity index (χ2n) is 8.94. The van der Waals surface area contributed by atoms with Gasteiger partial charge in [0.2, 0.25) is 0 Å². The van der Waals surface area contributed by atoms with E-state index in [1.54, 1.807) is 6.92 Å². The number of nitrogens with zero attached hydrogens (tertiary/aromatic N) is 1. The summed E-state index contributed by atoms with van der Waals surface area (Å²) in [7, 11) is -2.15. The Kier molecular flexibility index (Phi) is 10.1. The van der Waals surface area contributed by atoms with Crippen molar-refractivity contribution in [3.63, 3.8) is 0 Å². The number of aromatic nitrogens is 1. The zero-order chi connectivity index (χ0) is 22.2. The summed E-state index contributed by atoms with van der Waals surface area (Å²) in [6.45, 7) is 16.8. The Morgan fingerprint density at radius 2 is 2.03 bits per heavy atom. The fourth-order valence-corrected chi connectivity index (χ4v) is 4.13. The molecule has 1 aromatic rings. The third-order valence-corrected chi connectivity index (χ3v) is 10.5. The fraction of sp³-hybridized carbons (Fsp3) is 0.636. The first kappa shape index (κ1) is 25.9. The van der Waals surface area contributed by atoms with E-state index < -0.39 is 20.5 Å². The van der Waals surface area contributed by atoms with Gasteiger partial charge in [-0.25, -0.2) is 9.37 Å². The van der Waals surface area contributed by atoms with Crippen LogP contribution in [0.3, 0.4) is 0 Å². The van der Waals surface area contributed by atoms with Crippen LogP contribution in [0.2, 0.25) is 18.1 Å². The highest BCUT2D eigenvalue weighted by Crippen LogP contribution is 2.39. The first-order valence-corrected chi connectivity index (χ1v) is 13.8. The molecule has 1 aromatic heterocycles. The lowest BCUT2D eigenvalue weighted by Crippen LogP contribution is -2.44. The van der Waals surface area contributed by atoms with Crippen LogP contribution in [0.5, 0.6) is 0 Å². The van der Waals surface area contributed by atoms with Crippen molar-refractivity contribution < 1.29 is 18.3 Å². The normalized spacial score (nSPS) is 16.0. The van der Waals surface area contributed by atoms with Gasteiger partial charge in [0.25, 0.3) is 0 Å². The van der Waals surface area contributed by atoms with Gasteiger partial charge in [-0.05, 0) is 57.8 Å². The molecule has 0 radical (unpaired) electrons. The van der Waals surface area contributed by atoms with E-state index in [9.17, 15) is 4.79 Å². The molecule has 0 amide bonds. The quantitative estimate of drug-likeness (QED) is 0.224. The number of carbonyl (C=O) groups excluding carboxylic acids is 1. The molecule has 0 aliphatic heterocycles. The molecule has 7 heteroatoms. The molecule has 2 atom stereocenters. The molecular weight excluding hydrogens is 405 g/mol. The van der Waals surface area contributed by atoms with Gasteiger partial charge in [-0.3, -0.25) is 0 Å². The number of aldehydes is 1. The minimum Gasteiger partial charge on any atom is -0.407 e. The summed E-state index contributed by atoms with van der Waals surface area (Å²) in [5, 5.41) is 2.75. The van der Waals surface area contributed by atoms with Crippen molar-refractivity contribution in [2.24, 2.45) is 0 Å². The summed E-state index contributed by atoms with van der Waals surface area (Å²) in [6, 6.07) is 0. The minimum absolute atomic E-state index is 0.0136. The Morgan fingerprint density at radius 3 is 2.55 bits per heavy atom. The molecular formula is C22H36FNO3SSi. The standard InChI is InChI=1S/C22H36FNO3SSi/c1-16(11-12-26-17(2)14-25)9-10-21(27-29(7,8)22(4,5)6)20(23)13-19-15-28-18(3)24-19/h9,13-15,17,21H,10-12H2,1-8H3/b16-9+,20-13-/t17-,21+/m1/s1. The van der Waals surface area contributed by atoms with Crippen molar-refractivity contribution in [2.45, 2.75) is 84.7 Å². The average molecular weight is 442 g/mol. The van der Waals surface area contributed by atoms with Crippen molar-refractivity contribution in [3.05, 3.63) is 33.6 Å². The number of carbonyl (C=O) groups is 1. The van der Waals surface area contributed by atoms with Gasteiger partial charge in [0.05, 0.1) is 17.3 Å². The third-order valence-electron chi connectivity index (χ3n) is 5.22. The summed E-state index contributed by atoms with van der Waals surface area (Å²) >= 11 is 1.50. The number of hydrogen-bond donors (Lipinski definition) is 0. The predicted molar refractivity (Wildman–Crippen MR) is 122 cm³/mol. The second-order valence-corrected chi connectivity index (χ2v) is 14.8. The van der Waals surface area contributed by atoms with E-state index in [4.69, 9.17) is 9.16 Å². The van der Waals surface area contributed by atoms with Crippen LogP contribution in [-0.2, 0) is 14.0 Å². The van der Waals surface area contributed by atoms with Crippen LogP contribution in [0.1, 0.15) is 58.2 Å². The molecule has 4 nitrogen and oxygen atoms in total. The third kappa shape index (κ3) is 9.03. The molecule has 0 N–H and O–H groups in total. The number of rotatable bonds is 11. The molecule has 0 bridgehead atoms. The van der Waals surface area contributed by atoms with Crippen LogP contribution in [0.4, 0.5) is 4.39 Å². The van der Waals surface area contributed by atoms with Crippen molar-refractivity contribution >= 4 is 32.0 Å². The summed E-state index contributed by atoms with van der Waals surface area (Å²) in [6.07, 6.45) is 4.38. The Morgan fingerprint density at radius 1 is 1.38 bits per heavy atom. The topological polar surface area (TPSA) is 48.4 Å². The number of hydrogen-bond acceptors (Lipinski definition) is 5. The van der Waals surface area contributed by atoms with Gasteiger partial charge in [-0.2, -0.15) is 0 Å². The minimum atomic E-state index is -2.15. The largest absolute Gasteiger partial charge is 0.407 e. The van der Waals surface area contributed by atoms with Crippen molar-refractivity contribution in [2.75, 3.05) is 6.61 Å². The van der Waals surface area contributed by atoms with Gasteiger partial charge in [-0.1, -0.05) is 32.4 Å². The van der Waals surface area contributed by atoms with E-state index >= 15 is 4.39 Å². The first-order valence-electron chi connectivity index (χ1n) is 10.1. The number of halogens is 1. The zero-order valence-electron chi connectivity index (χ0n) is 19.0. The highest BCUT2D eigenvalue weighted by atomic mass is 32.1. The van der Waals surface area contributed by atoms with E-state index in [1.165, 1.54) is 17.4 Å².